The molecule has 3 heteroatoms. The topological polar surface area (TPSA) is 24.9 Å². The van der Waals surface area contributed by atoms with Crippen molar-refractivity contribution in [2.75, 3.05) is 12.3 Å². The number of hydrogen-bond acceptors (Lipinski definition) is 3. The molecule has 1 aromatic rings. The normalized spacial score (nSPS) is 12.7. The first-order chi connectivity index (χ1) is 8.17. The summed E-state index contributed by atoms with van der Waals surface area (Å²) < 4.78 is 0. The highest BCUT2D eigenvalue weighted by atomic mass is 32.2. The van der Waals surface area contributed by atoms with Crippen LogP contribution < -0.4 is 5.32 Å². The molecular weight excluding hydrogens is 228 g/mol. The number of pyridine rings is 1. The number of aromatic nitrogens is 1. The Labute approximate surface area is 110 Å². The van der Waals surface area contributed by atoms with E-state index in [1.165, 1.54) is 22.6 Å². The molecular formula is C14H24N2S. The maximum atomic E-state index is 4.56. The number of nitrogens with one attached hydrogen (secondary N) is 1. The van der Waals surface area contributed by atoms with Gasteiger partial charge in [0.25, 0.3) is 0 Å². The third-order valence-electron chi connectivity index (χ3n) is 2.87. The summed E-state index contributed by atoms with van der Waals surface area (Å²) in [4.78, 5) is 4.56. The smallest absolute Gasteiger partial charge is 0.0989 e. The van der Waals surface area contributed by atoms with E-state index in [1.54, 1.807) is 0 Å². The van der Waals surface area contributed by atoms with Crippen molar-refractivity contribution in [3.8, 4) is 0 Å². The molecule has 1 atom stereocenters. The molecule has 96 valence electrons. The van der Waals surface area contributed by atoms with E-state index in [4.69, 9.17) is 0 Å². The summed E-state index contributed by atoms with van der Waals surface area (Å²) >= 11 is 1.88. The quantitative estimate of drug-likeness (QED) is 0.750. The Kier molecular flexibility index (Phi) is 6.60. The molecule has 1 heterocycles. The lowest BCUT2D eigenvalue weighted by atomic mass is 10.2. The average Bonchev–Trinajstić information content (AvgIpc) is 2.34. The van der Waals surface area contributed by atoms with Gasteiger partial charge in [-0.1, -0.05) is 33.3 Å². The van der Waals surface area contributed by atoms with Gasteiger partial charge >= 0.3 is 0 Å². The lowest BCUT2D eigenvalue weighted by molar-refractivity contribution is 0.636. The number of aryl methyl sites for hydroxylation is 1. The second-order valence-electron chi connectivity index (χ2n) is 4.57. The van der Waals surface area contributed by atoms with Crippen LogP contribution in [0, 0.1) is 12.8 Å². The van der Waals surface area contributed by atoms with Crippen LogP contribution in [0.1, 0.15) is 38.3 Å². The highest BCUT2D eigenvalue weighted by Gasteiger charge is 2.05. The van der Waals surface area contributed by atoms with Gasteiger partial charge in [0, 0.05) is 18.5 Å². The van der Waals surface area contributed by atoms with Crippen LogP contribution in [-0.4, -0.2) is 17.3 Å². The molecule has 1 N–H and O–H groups in total. The number of hydrogen-bond donors (Lipinski definition) is 1. The summed E-state index contributed by atoms with van der Waals surface area (Å²) in [5, 5.41) is 4.51. The Balaban J connectivity index is 2.56. The summed E-state index contributed by atoms with van der Waals surface area (Å²) in [5.41, 5.74) is 2.57. The Morgan fingerprint density at radius 2 is 2.18 bits per heavy atom. The summed E-state index contributed by atoms with van der Waals surface area (Å²) in [6.07, 6.45) is 3.24. The highest BCUT2D eigenvalue weighted by molar-refractivity contribution is 7.99. The molecule has 2 nitrogen and oxygen atoms in total. The van der Waals surface area contributed by atoms with Crippen molar-refractivity contribution in [2.24, 2.45) is 5.92 Å². The summed E-state index contributed by atoms with van der Waals surface area (Å²) in [7, 11) is 0. The van der Waals surface area contributed by atoms with Crippen LogP contribution in [0.4, 0.5) is 0 Å². The third-order valence-corrected chi connectivity index (χ3v) is 4.30. The molecule has 0 aromatic carbocycles. The van der Waals surface area contributed by atoms with Crippen molar-refractivity contribution in [1.29, 1.82) is 0 Å². The fraction of sp³-hybridized carbons (Fsp3) is 0.643. The van der Waals surface area contributed by atoms with Crippen molar-refractivity contribution in [2.45, 2.75) is 45.7 Å². The van der Waals surface area contributed by atoms with E-state index in [0.717, 1.165) is 24.8 Å². The molecule has 0 spiro atoms. The predicted molar refractivity (Wildman–Crippen MR) is 76.5 cm³/mol. The van der Waals surface area contributed by atoms with Gasteiger partial charge in [-0.15, -0.1) is 11.8 Å². The lowest BCUT2D eigenvalue weighted by Crippen LogP contribution is -2.12. The fourth-order valence-electron chi connectivity index (χ4n) is 1.48. The zero-order valence-corrected chi connectivity index (χ0v) is 12.2. The molecule has 0 fully saturated rings. The van der Waals surface area contributed by atoms with Crippen molar-refractivity contribution >= 4 is 11.8 Å². The number of thioether (sulfide) groups is 1. The largest absolute Gasteiger partial charge is 0.313 e. The molecule has 0 aliphatic carbocycles. The van der Waals surface area contributed by atoms with Gasteiger partial charge in [0.15, 0.2) is 0 Å². The van der Waals surface area contributed by atoms with E-state index in [0.29, 0.717) is 0 Å². The van der Waals surface area contributed by atoms with Gasteiger partial charge in [-0.3, -0.25) is 0 Å². The fourth-order valence-corrected chi connectivity index (χ4v) is 2.57. The lowest BCUT2D eigenvalue weighted by Gasteiger charge is -2.10. The molecule has 0 amide bonds. The maximum absolute atomic E-state index is 4.56. The van der Waals surface area contributed by atoms with Crippen molar-refractivity contribution in [3.63, 3.8) is 0 Å². The van der Waals surface area contributed by atoms with Gasteiger partial charge in [0.1, 0.15) is 0 Å². The van der Waals surface area contributed by atoms with Gasteiger partial charge < -0.3 is 5.32 Å². The first-order valence-electron chi connectivity index (χ1n) is 6.46. The minimum atomic E-state index is 0.766. The Morgan fingerprint density at radius 3 is 2.76 bits per heavy atom. The van der Waals surface area contributed by atoms with Crippen LogP contribution in [0.3, 0.4) is 0 Å². The minimum absolute atomic E-state index is 0.766. The van der Waals surface area contributed by atoms with E-state index in [-0.39, 0.29) is 0 Å². The van der Waals surface area contributed by atoms with Crippen molar-refractivity contribution < 1.29 is 0 Å². The standard InChI is InChI=1S/C14H24N2S/c1-5-11(3)10-17-14-12(4)7-13(9-16-14)8-15-6-2/h7,9,11,15H,5-6,8,10H2,1-4H3. The van der Waals surface area contributed by atoms with E-state index < -0.39 is 0 Å². The first-order valence-corrected chi connectivity index (χ1v) is 7.44. The molecule has 0 aliphatic heterocycles. The SMILES string of the molecule is CCNCc1cnc(SCC(C)CC)c(C)c1. The summed E-state index contributed by atoms with van der Waals surface area (Å²) in [6.45, 7) is 10.7. The molecule has 0 aliphatic rings. The van der Waals surface area contributed by atoms with Crippen LogP contribution >= 0.6 is 11.8 Å². The first kappa shape index (κ1) is 14.5. The van der Waals surface area contributed by atoms with Gasteiger partial charge in [-0.25, -0.2) is 4.98 Å². The Hall–Kier alpha value is -0.540. The van der Waals surface area contributed by atoms with Crippen molar-refractivity contribution in [3.05, 3.63) is 23.4 Å². The number of nitrogens with zero attached hydrogens (tertiary/aromatic N) is 1. The van der Waals surface area contributed by atoms with Gasteiger partial charge in [-0.2, -0.15) is 0 Å². The molecule has 0 saturated carbocycles. The van der Waals surface area contributed by atoms with Crippen LogP contribution in [0.25, 0.3) is 0 Å². The van der Waals surface area contributed by atoms with E-state index in [1.807, 2.05) is 18.0 Å². The molecule has 1 unspecified atom stereocenters. The summed E-state index contributed by atoms with van der Waals surface area (Å²) in [5.74, 6) is 1.93. The average molecular weight is 252 g/mol. The van der Waals surface area contributed by atoms with E-state index in [9.17, 15) is 0 Å². The van der Waals surface area contributed by atoms with Crippen LogP contribution in [0.2, 0.25) is 0 Å². The zero-order valence-electron chi connectivity index (χ0n) is 11.4. The molecule has 0 saturated heterocycles. The predicted octanol–water partition coefficient (Wildman–Crippen LogP) is 3.64. The monoisotopic (exact) mass is 252 g/mol. The Bertz CT molecular complexity index is 339. The van der Waals surface area contributed by atoms with Gasteiger partial charge in [0.05, 0.1) is 5.03 Å². The molecule has 1 aromatic heterocycles. The second-order valence-corrected chi connectivity index (χ2v) is 5.58. The van der Waals surface area contributed by atoms with E-state index >= 15 is 0 Å². The number of rotatable bonds is 7. The van der Waals surface area contributed by atoms with Crippen LogP contribution in [-0.2, 0) is 6.54 Å². The minimum Gasteiger partial charge on any atom is -0.313 e. The molecule has 17 heavy (non-hydrogen) atoms. The van der Waals surface area contributed by atoms with Crippen LogP contribution in [0.15, 0.2) is 17.3 Å². The zero-order chi connectivity index (χ0) is 12.7. The summed E-state index contributed by atoms with van der Waals surface area (Å²) in [6, 6.07) is 2.24. The van der Waals surface area contributed by atoms with Gasteiger partial charge in [0.2, 0.25) is 0 Å². The molecule has 0 radical (unpaired) electrons. The molecule has 0 bridgehead atoms. The van der Waals surface area contributed by atoms with Crippen molar-refractivity contribution in [1.82, 2.24) is 10.3 Å². The Morgan fingerprint density at radius 1 is 1.41 bits per heavy atom. The third kappa shape index (κ3) is 5.09. The maximum Gasteiger partial charge on any atom is 0.0989 e. The second kappa shape index (κ2) is 7.72. The highest BCUT2D eigenvalue weighted by Crippen LogP contribution is 2.23. The van der Waals surface area contributed by atoms with E-state index in [2.05, 4.69) is 44.1 Å². The van der Waals surface area contributed by atoms with Gasteiger partial charge in [-0.05, 0) is 30.5 Å². The van der Waals surface area contributed by atoms with Crippen LogP contribution in [0.5, 0.6) is 0 Å². The molecule has 1 rings (SSSR count).